The average molecular weight is 301 g/mol. The molecule has 1 aromatic rings. The van der Waals surface area contributed by atoms with E-state index in [2.05, 4.69) is 15.6 Å². The minimum absolute atomic E-state index is 0.0492. The maximum absolute atomic E-state index is 11.6. The first-order valence-corrected chi connectivity index (χ1v) is 6.67. The molecule has 0 aromatic heterocycles. The highest BCUT2D eigenvalue weighted by Gasteiger charge is 2.19. The van der Waals surface area contributed by atoms with Crippen LogP contribution in [0.1, 0.15) is 19.3 Å². The van der Waals surface area contributed by atoms with Gasteiger partial charge in [-0.15, -0.1) is 0 Å². The van der Waals surface area contributed by atoms with E-state index in [9.17, 15) is 4.79 Å². The van der Waals surface area contributed by atoms with Crippen LogP contribution in [0.15, 0.2) is 23.2 Å². The molecule has 0 atom stereocenters. The summed E-state index contributed by atoms with van der Waals surface area (Å²) in [5, 5.41) is 5.97. The second kappa shape index (κ2) is 6.12. The molecule has 2 amide bonds. The Morgan fingerprint density at radius 3 is 2.47 bits per heavy atom. The van der Waals surface area contributed by atoms with Crippen molar-refractivity contribution in [2.75, 3.05) is 0 Å². The molecule has 0 radical (unpaired) electrons. The highest BCUT2D eigenvalue weighted by molar-refractivity contribution is 6.38. The molecule has 0 heterocycles. The van der Waals surface area contributed by atoms with Crippen LogP contribution in [0.5, 0.6) is 0 Å². The molecule has 0 aliphatic heterocycles. The van der Waals surface area contributed by atoms with E-state index in [0.29, 0.717) is 15.7 Å². The summed E-state index contributed by atoms with van der Waals surface area (Å²) in [5.74, 6) is -0.0492. The van der Waals surface area contributed by atoms with Gasteiger partial charge in [-0.1, -0.05) is 29.3 Å². The second-order valence-corrected chi connectivity index (χ2v) is 5.11. The fourth-order valence-corrected chi connectivity index (χ4v) is 2.12. The predicted molar refractivity (Wildman–Crippen MR) is 77.1 cm³/mol. The van der Waals surface area contributed by atoms with Gasteiger partial charge in [-0.25, -0.2) is 9.79 Å². The lowest BCUT2D eigenvalue weighted by Gasteiger charge is -2.26. The van der Waals surface area contributed by atoms with Gasteiger partial charge in [0, 0.05) is 6.04 Å². The fourth-order valence-electron chi connectivity index (χ4n) is 1.63. The number of benzene rings is 1. The van der Waals surface area contributed by atoms with E-state index in [-0.39, 0.29) is 18.0 Å². The molecule has 1 aliphatic carbocycles. The molecule has 0 unspecified atom stereocenters. The van der Waals surface area contributed by atoms with Crippen LogP contribution in [-0.4, -0.2) is 18.0 Å². The summed E-state index contributed by atoms with van der Waals surface area (Å²) in [4.78, 5) is 15.6. The molecule has 7 heteroatoms. The largest absolute Gasteiger partial charge is 0.369 e. The number of hydrogen-bond donors (Lipinski definition) is 3. The van der Waals surface area contributed by atoms with Gasteiger partial charge >= 0.3 is 6.03 Å². The third-order valence-corrected chi connectivity index (χ3v) is 3.46. The zero-order valence-corrected chi connectivity index (χ0v) is 11.6. The van der Waals surface area contributed by atoms with E-state index in [0.717, 1.165) is 19.3 Å². The summed E-state index contributed by atoms with van der Waals surface area (Å²) < 4.78 is 0. The van der Waals surface area contributed by atoms with Crippen molar-refractivity contribution in [1.29, 1.82) is 0 Å². The molecule has 2 rings (SSSR count). The van der Waals surface area contributed by atoms with Gasteiger partial charge in [0.1, 0.15) is 5.69 Å². The number of hydrogen-bond acceptors (Lipinski definition) is 2. The topological polar surface area (TPSA) is 79.5 Å². The number of nitrogens with two attached hydrogens (primary N) is 1. The minimum Gasteiger partial charge on any atom is -0.369 e. The van der Waals surface area contributed by atoms with Gasteiger partial charge < -0.3 is 11.1 Å². The van der Waals surface area contributed by atoms with Crippen LogP contribution >= 0.6 is 23.2 Å². The first kappa shape index (κ1) is 14.0. The lowest BCUT2D eigenvalue weighted by atomic mass is 9.93. The summed E-state index contributed by atoms with van der Waals surface area (Å²) in [6, 6.07) is 4.87. The second-order valence-electron chi connectivity index (χ2n) is 4.29. The van der Waals surface area contributed by atoms with Gasteiger partial charge in [0.15, 0.2) is 0 Å². The molecule has 1 aliphatic rings. The number of rotatable bonds is 2. The number of nitrogens with one attached hydrogen (secondary N) is 2. The van der Waals surface area contributed by atoms with Crippen LogP contribution in [0.4, 0.5) is 10.5 Å². The van der Waals surface area contributed by atoms with Crippen LogP contribution in [0.25, 0.3) is 0 Å². The van der Waals surface area contributed by atoms with Crippen molar-refractivity contribution in [1.82, 2.24) is 10.6 Å². The summed E-state index contributed by atoms with van der Waals surface area (Å²) in [6.07, 6.45) is 3.14. The van der Waals surface area contributed by atoms with Gasteiger partial charge in [-0.05, 0) is 31.4 Å². The van der Waals surface area contributed by atoms with E-state index < -0.39 is 0 Å². The molecule has 1 saturated carbocycles. The SMILES string of the molecule is NC(=Nc1c(Cl)cccc1Cl)NC(=O)NC1CCC1. The molecular formula is C12H14Cl2N4O. The molecule has 0 spiro atoms. The van der Waals surface area contributed by atoms with Crippen molar-refractivity contribution in [3.63, 3.8) is 0 Å². The van der Waals surface area contributed by atoms with Crippen LogP contribution in [0.2, 0.25) is 10.0 Å². The fraction of sp³-hybridized carbons (Fsp3) is 0.333. The Balaban J connectivity index is 1.99. The molecule has 1 aromatic carbocycles. The van der Waals surface area contributed by atoms with Crippen LogP contribution in [0.3, 0.4) is 0 Å². The number of nitrogens with zero attached hydrogens (tertiary/aromatic N) is 1. The molecular weight excluding hydrogens is 287 g/mol. The molecule has 5 nitrogen and oxygen atoms in total. The van der Waals surface area contributed by atoms with Crippen LogP contribution < -0.4 is 16.4 Å². The van der Waals surface area contributed by atoms with Gasteiger partial charge in [-0.2, -0.15) is 0 Å². The molecule has 0 bridgehead atoms. The first-order valence-electron chi connectivity index (χ1n) is 5.92. The van der Waals surface area contributed by atoms with Crippen LogP contribution in [-0.2, 0) is 0 Å². The third kappa shape index (κ3) is 3.75. The number of para-hydroxylation sites is 1. The van der Waals surface area contributed by atoms with E-state index >= 15 is 0 Å². The number of guanidine groups is 1. The van der Waals surface area contributed by atoms with E-state index in [1.54, 1.807) is 18.2 Å². The van der Waals surface area contributed by atoms with Gasteiger partial charge in [-0.3, -0.25) is 5.32 Å². The first-order chi connectivity index (χ1) is 9.06. The minimum atomic E-state index is -0.367. The Morgan fingerprint density at radius 1 is 1.32 bits per heavy atom. The zero-order chi connectivity index (χ0) is 13.8. The van der Waals surface area contributed by atoms with Gasteiger partial charge in [0.05, 0.1) is 10.0 Å². The van der Waals surface area contributed by atoms with Crippen molar-refractivity contribution in [3.05, 3.63) is 28.2 Å². The smallest absolute Gasteiger partial charge is 0.321 e. The zero-order valence-electron chi connectivity index (χ0n) is 10.1. The maximum atomic E-state index is 11.6. The Labute approximate surface area is 121 Å². The normalized spacial score (nSPS) is 15.8. The Hall–Kier alpha value is -1.46. The number of aliphatic imine (C=N–C) groups is 1. The lowest BCUT2D eigenvalue weighted by Crippen LogP contribution is -2.49. The van der Waals surface area contributed by atoms with E-state index in [1.165, 1.54) is 0 Å². The number of carbonyl (C=O) groups excluding carboxylic acids is 1. The number of urea groups is 1. The third-order valence-electron chi connectivity index (χ3n) is 2.85. The Morgan fingerprint density at radius 2 is 1.95 bits per heavy atom. The number of carbonyl (C=O) groups is 1. The summed E-state index contributed by atoms with van der Waals surface area (Å²) in [7, 11) is 0. The van der Waals surface area contributed by atoms with Crippen molar-refractivity contribution in [2.24, 2.45) is 10.7 Å². The maximum Gasteiger partial charge on any atom is 0.321 e. The predicted octanol–water partition coefficient (Wildman–Crippen LogP) is 2.79. The Kier molecular flexibility index (Phi) is 4.50. The average Bonchev–Trinajstić information content (AvgIpc) is 2.29. The van der Waals surface area contributed by atoms with Crippen molar-refractivity contribution < 1.29 is 4.79 Å². The standard InChI is InChI=1S/C12H14Cl2N4O/c13-8-5-2-6-9(14)10(8)17-11(15)18-12(19)16-7-3-1-4-7/h2,5-7H,1,3-4H2,(H4,15,16,17,18,19). The summed E-state index contributed by atoms with van der Waals surface area (Å²) >= 11 is 11.9. The van der Waals surface area contributed by atoms with E-state index in [1.807, 2.05) is 0 Å². The summed E-state index contributed by atoms with van der Waals surface area (Å²) in [5.41, 5.74) is 5.98. The Bertz CT molecular complexity index is 494. The molecule has 102 valence electrons. The number of halogens is 2. The summed E-state index contributed by atoms with van der Waals surface area (Å²) in [6.45, 7) is 0. The highest BCUT2D eigenvalue weighted by Crippen LogP contribution is 2.32. The molecule has 4 N–H and O–H groups in total. The van der Waals surface area contributed by atoms with Crippen LogP contribution in [0, 0.1) is 0 Å². The molecule has 19 heavy (non-hydrogen) atoms. The van der Waals surface area contributed by atoms with E-state index in [4.69, 9.17) is 28.9 Å². The van der Waals surface area contributed by atoms with Gasteiger partial charge in [0.25, 0.3) is 0 Å². The van der Waals surface area contributed by atoms with Crippen molar-refractivity contribution in [3.8, 4) is 0 Å². The lowest BCUT2D eigenvalue weighted by molar-refractivity contribution is 0.233. The molecule has 0 saturated heterocycles. The molecule has 1 fully saturated rings. The van der Waals surface area contributed by atoms with Gasteiger partial charge in [0.2, 0.25) is 5.96 Å². The van der Waals surface area contributed by atoms with Crippen molar-refractivity contribution >= 4 is 40.9 Å². The monoisotopic (exact) mass is 300 g/mol. The highest BCUT2D eigenvalue weighted by atomic mass is 35.5. The van der Waals surface area contributed by atoms with Crippen molar-refractivity contribution in [2.45, 2.75) is 25.3 Å². The number of amides is 2. The quantitative estimate of drug-likeness (QED) is 0.580.